The van der Waals surface area contributed by atoms with E-state index < -0.39 is 10.0 Å². The quantitative estimate of drug-likeness (QED) is 0.741. The molecule has 1 N–H and O–H groups in total. The predicted octanol–water partition coefficient (Wildman–Crippen LogP) is 2.77. The van der Waals surface area contributed by atoms with Gasteiger partial charge in [0.1, 0.15) is 5.82 Å². The van der Waals surface area contributed by atoms with Gasteiger partial charge in [0.05, 0.1) is 16.5 Å². The summed E-state index contributed by atoms with van der Waals surface area (Å²) >= 11 is 5.80. The SMILES string of the molecule is CCN(CC)S(=O)(=O)c1ccc2c(c1)CCN2CC(=O)Nc1ccc(Cl)cn1. The van der Waals surface area contributed by atoms with Gasteiger partial charge in [0.15, 0.2) is 0 Å². The highest BCUT2D eigenvalue weighted by Crippen LogP contribution is 2.31. The maximum Gasteiger partial charge on any atom is 0.245 e. The molecule has 0 bridgehead atoms. The number of anilines is 2. The van der Waals surface area contributed by atoms with Crippen molar-refractivity contribution in [1.29, 1.82) is 0 Å². The lowest BCUT2D eigenvalue weighted by Crippen LogP contribution is -2.32. The highest BCUT2D eigenvalue weighted by Gasteiger charge is 2.26. The van der Waals surface area contributed by atoms with Gasteiger partial charge in [-0.2, -0.15) is 4.31 Å². The van der Waals surface area contributed by atoms with Gasteiger partial charge >= 0.3 is 0 Å². The van der Waals surface area contributed by atoms with E-state index in [1.807, 2.05) is 18.7 Å². The van der Waals surface area contributed by atoms with E-state index in [0.29, 0.717) is 41.8 Å². The number of nitrogens with one attached hydrogen (secondary N) is 1. The van der Waals surface area contributed by atoms with Gasteiger partial charge in [-0.1, -0.05) is 25.4 Å². The Balaban J connectivity index is 1.72. The molecule has 0 saturated carbocycles. The minimum absolute atomic E-state index is 0.166. The molecule has 2 heterocycles. The molecule has 0 unspecified atom stereocenters. The Hall–Kier alpha value is -2.16. The fraction of sp³-hybridized carbons (Fsp3) is 0.368. The smallest absolute Gasteiger partial charge is 0.245 e. The minimum Gasteiger partial charge on any atom is -0.362 e. The summed E-state index contributed by atoms with van der Waals surface area (Å²) in [6.45, 7) is 5.33. The lowest BCUT2D eigenvalue weighted by molar-refractivity contribution is -0.115. The van der Waals surface area contributed by atoms with Gasteiger partial charge in [-0.05, 0) is 42.3 Å². The highest BCUT2D eigenvalue weighted by molar-refractivity contribution is 7.89. The molecule has 1 amide bonds. The Morgan fingerprint density at radius 2 is 2.00 bits per heavy atom. The molecule has 0 atom stereocenters. The van der Waals surface area contributed by atoms with Crippen LogP contribution in [-0.4, -0.2) is 49.8 Å². The third-order valence-corrected chi connectivity index (χ3v) is 6.98. The number of nitrogens with zero attached hydrogens (tertiary/aromatic N) is 3. The molecule has 0 saturated heterocycles. The van der Waals surface area contributed by atoms with E-state index in [4.69, 9.17) is 11.6 Å². The number of benzene rings is 1. The second-order valence-electron chi connectivity index (χ2n) is 6.46. The zero-order valence-electron chi connectivity index (χ0n) is 15.9. The van der Waals surface area contributed by atoms with Gasteiger partial charge in [-0.15, -0.1) is 0 Å². The number of sulfonamides is 1. The van der Waals surface area contributed by atoms with E-state index in [-0.39, 0.29) is 12.5 Å². The summed E-state index contributed by atoms with van der Waals surface area (Å²) < 4.78 is 26.9. The van der Waals surface area contributed by atoms with E-state index in [0.717, 1.165) is 11.3 Å². The second-order valence-corrected chi connectivity index (χ2v) is 8.84. The molecule has 0 aliphatic carbocycles. The number of aromatic nitrogens is 1. The number of fused-ring (bicyclic) bond motifs is 1. The monoisotopic (exact) mass is 422 g/mol. The zero-order chi connectivity index (χ0) is 20.3. The van der Waals surface area contributed by atoms with Crippen LogP contribution in [0.5, 0.6) is 0 Å². The molecule has 0 spiro atoms. The van der Waals surface area contributed by atoms with Crippen LogP contribution in [0.1, 0.15) is 19.4 Å². The van der Waals surface area contributed by atoms with Crippen LogP contribution in [0.4, 0.5) is 11.5 Å². The first-order valence-corrected chi connectivity index (χ1v) is 11.0. The molecule has 9 heteroatoms. The maximum absolute atomic E-state index is 12.7. The van der Waals surface area contributed by atoms with Crippen LogP contribution in [0.3, 0.4) is 0 Å². The minimum atomic E-state index is -3.49. The Labute approximate surface area is 170 Å². The van der Waals surface area contributed by atoms with Crippen LogP contribution in [-0.2, 0) is 21.2 Å². The lowest BCUT2D eigenvalue weighted by Gasteiger charge is -2.21. The summed E-state index contributed by atoms with van der Waals surface area (Å²) in [5.74, 6) is 0.247. The number of pyridine rings is 1. The van der Waals surface area contributed by atoms with E-state index in [1.165, 1.54) is 10.5 Å². The zero-order valence-corrected chi connectivity index (χ0v) is 17.4. The van der Waals surface area contributed by atoms with E-state index >= 15 is 0 Å². The lowest BCUT2D eigenvalue weighted by atomic mass is 10.2. The Bertz CT molecular complexity index is 960. The summed E-state index contributed by atoms with van der Waals surface area (Å²) in [5, 5.41) is 3.24. The van der Waals surface area contributed by atoms with E-state index in [1.54, 1.807) is 30.3 Å². The van der Waals surface area contributed by atoms with Gasteiger partial charge in [0.2, 0.25) is 15.9 Å². The van der Waals surface area contributed by atoms with Crippen molar-refractivity contribution >= 4 is 39.0 Å². The fourth-order valence-electron chi connectivity index (χ4n) is 3.29. The first-order valence-electron chi connectivity index (χ1n) is 9.14. The molecular weight excluding hydrogens is 400 g/mol. The van der Waals surface area contributed by atoms with Gasteiger partial charge < -0.3 is 10.2 Å². The molecule has 7 nitrogen and oxygen atoms in total. The molecule has 1 aromatic heterocycles. The topological polar surface area (TPSA) is 82.6 Å². The van der Waals surface area contributed by atoms with Gasteiger partial charge in [-0.25, -0.2) is 13.4 Å². The van der Waals surface area contributed by atoms with Crippen LogP contribution in [0, 0.1) is 0 Å². The normalized spacial score (nSPS) is 13.6. The largest absolute Gasteiger partial charge is 0.362 e. The molecule has 0 radical (unpaired) electrons. The van der Waals surface area contributed by atoms with E-state index in [9.17, 15) is 13.2 Å². The van der Waals surface area contributed by atoms with Crippen molar-refractivity contribution < 1.29 is 13.2 Å². The number of hydrogen-bond donors (Lipinski definition) is 1. The summed E-state index contributed by atoms with van der Waals surface area (Å²) in [5.41, 5.74) is 1.82. The summed E-state index contributed by atoms with van der Waals surface area (Å²) in [6, 6.07) is 8.42. The second kappa shape index (κ2) is 8.46. The van der Waals surface area contributed by atoms with Gasteiger partial charge in [0, 0.05) is 31.5 Å². The molecule has 1 aliphatic rings. The Morgan fingerprint density at radius 1 is 1.25 bits per heavy atom. The summed E-state index contributed by atoms with van der Waals surface area (Å²) in [4.78, 5) is 18.6. The molecule has 28 heavy (non-hydrogen) atoms. The average Bonchev–Trinajstić information content (AvgIpc) is 3.06. The first kappa shape index (κ1) is 20.6. The third kappa shape index (κ3) is 4.29. The van der Waals surface area contributed by atoms with Crippen LogP contribution in [0.25, 0.3) is 0 Å². The number of halogens is 1. The van der Waals surface area contributed by atoms with Crippen molar-refractivity contribution in [3.63, 3.8) is 0 Å². The Kier molecular flexibility index (Phi) is 6.22. The molecule has 1 aliphatic heterocycles. The predicted molar refractivity (Wildman–Crippen MR) is 110 cm³/mol. The third-order valence-electron chi connectivity index (χ3n) is 4.72. The molecule has 3 rings (SSSR count). The fourth-order valence-corrected chi connectivity index (χ4v) is 4.91. The first-order chi connectivity index (χ1) is 13.3. The number of carbonyl (C=O) groups excluding carboxylic acids is 1. The van der Waals surface area contributed by atoms with Gasteiger partial charge in [-0.3, -0.25) is 4.79 Å². The van der Waals surface area contributed by atoms with Crippen LogP contribution >= 0.6 is 11.6 Å². The van der Waals surface area contributed by atoms with Crippen LogP contribution < -0.4 is 10.2 Å². The number of hydrogen-bond acceptors (Lipinski definition) is 5. The number of amides is 1. The van der Waals surface area contributed by atoms with Crippen molar-refractivity contribution in [2.24, 2.45) is 0 Å². The average molecular weight is 423 g/mol. The van der Waals surface area contributed by atoms with Crippen molar-refractivity contribution in [2.45, 2.75) is 25.2 Å². The highest BCUT2D eigenvalue weighted by atomic mass is 35.5. The molecule has 150 valence electrons. The Morgan fingerprint density at radius 3 is 2.64 bits per heavy atom. The van der Waals surface area contributed by atoms with Crippen LogP contribution in [0.2, 0.25) is 5.02 Å². The molecule has 2 aromatic rings. The summed E-state index contributed by atoms with van der Waals surface area (Å²) in [6.07, 6.45) is 2.17. The van der Waals surface area contributed by atoms with Crippen molar-refractivity contribution in [1.82, 2.24) is 9.29 Å². The number of rotatable bonds is 7. The van der Waals surface area contributed by atoms with E-state index in [2.05, 4.69) is 10.3 Å². The molecule has 0 fully saturated rings. The standard InChI is InChI=1S/C19H23ClN4O3S/c1-3-24(4-2)28(26,27)16-6-7-17-14(11-16)9-10-23(17)13-19(25)22-18-8-5-15(20)12-21-18/h5-8,11-12H,3-4,9-10,13H2,1-2H3,(H,21,22,25). The van der Waals surface area contributed by atoms with Crippen molar-refractivity contribution in [3.05, 3.63) is 47.1 Å². The van der Waals surface area contributed by atoms with Crippen molar-refractivity contribution in [3.8, 4) is 0 Å². The molecular formula is C19H23ClN4O3S. The van der Waals surface area contributed by atoms with Gasteiger partial charge in [0.25, 0.3) is 0 Å². The molecule has 1 aromatic carbocycles. The van der Waals surface area contributed by atoms with Crippen LogP contribution in [0.15, 0.2) is 41.4 Å². The maximum atomic E-state index is 12.7. The van der Waals surface area contributed by atoms with Crippen molar-refractivity contribution in [2.75, 3.05) is 36.4 Å². The number of carbonyl (C=O) groups is 1. The summed E-state index contributed by atoms with van der Waals surface area (Å²) in [7, 11) is -3.49.